The number of allylic oxidation sites excluding steroid dienone is 6. The lowest BCUT2D eigenvalue weighted by Crippen LogP contribution is -2.29. The summed E-state index contributed by atoms with van der Waals surface area (Å²) >= 11 is 0. The number of carbonyl (C=O) groups excluding carboxylic acids is 2. The van der Waals surface area contributed by atoms with E-state index >= 15 is 0 Å². The van der Waals surface area contributed by atoms with E-state index in [0.717, 1.165) is 57.8 Å². The van der Waals surface area contributed by atoms with Crippen LogP contribution in [0.2, 0.25) is 0 Å². The van der Waals surface area contributed by atoms with Crippen molar-refractivity contribution in [3.63, 3.8) is 0 Å². The Balaban J connectivity index is 2.25. The maximum atomic E-state index is 12.6. The lowest BCUT2D eigenvalue weighted by Gasteiger charge is -2.19. The molecule has 0 aliphatic carbocycles. The standard InChI is InChI=1S/C43H76NO9P/c1-3-5-7-9-11-13-14-15-16-17-18-20-22-24-29-33-42(45)49-37-39(38-51-54(47,48)50-36-35-44)52-43(46)34-30-26-25-28-32-41-40(53-41)31-27-23-21-19-12-10-8-6-4-2/h12,15-16,19,23,25,27-28,39-41H,3-11,13-14,17-18,20-22,24,26,29-38,44H2,1-2H3,(H,47,48). The zero-order valence-corrected chi connectivity index (χ0v) is 34.8. The molecule has 0 aromatic rings. The molecule has 1 aliphatic heterocycles. The Labute approximate surface area is 328 Å². The van der Waals surface area contributed by atoms with Gasteiger partial charge in [-0.3, -0.25) is 18.6 Å². The Bertz CT molecular complexity index is 1090. The molecule has 1 heterocycles. The number of rotatable bonds is 38. The molecule has 0 saturated carbocycles. The molecule has 0 spiro atoms. The highest BCUT2D eigenvalue weighted by molar-refractivity contribution is 7.47. The summed E-state index contributed by atoms with van der Waals surface area (Å²) in [6.45, 7) is 3.60. The lowest BCUT2D eigenvalue weighted by atomic mass is 10.1. The summed E-state index contributed by atoms with van der Waals surface area (Å²) < 4.78 is 38.5. The number of esters is 2. The third-order valence-corrected chi connectivity index (χ3v) is 10.1. The van der Waals surface area contributed by atoms with E-state index in [9.17, 15) is 19.0 Å². The third-order valence-electron chi connectivity index (χ3n) is 9.09. The fourth-order valence-electron chi connectivity index (χ4n) is 5.78. The zero-order chi connectivity index (χ0) is 39.4. The Kier molecular flexibility index (Phi) is 32.7. The van der Waals surface area contributed by atoms with Crippen molar-refractivity contribution in [2.45, 2.75) is 186 Å². The monoisotopic (exact) mass is 782 g/mol. The molecule has 0 radical (unpaired) electrons. The first-order valence-corrected chi connectivity index (χ1v) is 22.7. The van der Waals surface area contributed by atoms with Crippen molar-refractivity contribution in [1.82, 2.24) is 0 Å². The van der Waals surface area contributed by atoms with E-state index in [1.54, 1.807) is 0 Å². The topological polar surface area (TPSA) is 147 Å². The number of phosphoric ester groups is 1. The van der Waals surface area contributed by atoms with Gasteiger partial charge in [-0.15, -0.1) is 0 Å². The molecule has 1 aliphatic rings. The lowest BCUT2D eigenvalue weighted by molar-refractivity contribution is -0.161. The number of hydrogen-bond donors (Lipinski definition) is 2. The Morgan fingerprint density at radius 2 is 1.15 bits per heavy atom. The van der Waals surface area contributed by atoms with Crippen LogP contribution in [0.4, 0.5) is 0 Å². The maximum Gasteiger partial charge on any atom is 0.472 e. The van der Waals surface area contributed by atoms with E-state index in [1.165, 1.54) is 64.2 Å². The molecule has 11 heteroatoms. The molecule has 1 rings (SSSR count). The Hall–Kier alpha value is -2.07. The van der Waals surface area contributed by atoms with Crippen molar-refractivity contribution in [1.29, 1.82) is 0 Å². The first-order chi connectivity index (χ1) is 26.3. The predicted molar refractivity (Wildman–Crippen MR) is 219 cm³/mol. The fraction of sp³-hybridized carbons (Fsp3) is 0.767. The van der Waals surface area contributed by atoms with Crippen LogP contribution in [0.5, 0.6) is 0 Å². The summed E-state index contributed by atoms with van der Waals surface area (Å²) in [5.41, 5.74) is 5.34. The zero-order valence-electron chi connectivity index (χ0n) is 33.9. The molecule has 1 saturated heterocycles. The van der Waals surface area contributed by atoms with Crippen LogP contribution in [-0.4, -0.2) is 61.5 Å². The molecule has 0 aromatic carbocycles. The van der Waals surface area contributed by atoms with Crippen LogP contribution in [0.3, 0.4) is 0 Å². The van der Waals surface area contributed by atoms with Gasteiger partial charge in [0.1, 0.15) is 6.61 Å². The molecule has 0 amide bonds. The highest BCUT2D eigenvalue weighted by Gasteiger charge is 2.36. The van der Waals surface area contributed by atoms with Crippen LogP contribution in [0.15, 0.2) is 48.6 Å². The quantitative estimate of drug-likeness (QED) is 0.0204. The molecule has 3 N–H and O–H groups in total. The number of ether oxygens (including phenoxy) is 3. The van der Waals surface area contributed by atoms with E-state index in [1.807, 2.05) is 6.08 Å². The number of epoxide rings is 1. The van der Waals surface area contributed by atoms with Crippen LogP contribution in [-0.2, 0) is 37.4 Å². The van der Waals surface area contributed by atoms with Gasteiger partial charge >= 0.3 is 19.8 Å². The van der Waals surface area contributed by atoms with Crippen LogP contribution in [0.1, 0.15) is 168 Å². The van der Waals surface area contributed by atoms with Crippen LogP contribution in [0, 0.1) is 0 Å². The second kappa shape index (κ2) is 35.4. The SMILES string of the molecule is CCCCCC=CCC=CCC1OC1CC=CCCCC(=O)OC(COC(=O)CCCCCCCC=CCCCCCCCC)COP(=O)(O)OCCN. The molecule has 0 bridgehead atoms. The molecule has 1 fully saturated rings. The average Bonchev–Trinajstić information content (AvgIpc) is 3.91. The number of hydrogen-bond acceptors (Lipinski definition) is 9. The van der Waals surface area contributed by atoms with E-state index in [0.29, 0.717) is 19.3 Å². The van der Waals surface area contributed by atoms with Crippen molar-refractivity contribution in [3.8, 4) is 0 Å². The molecule has 4 atom stereocenters. The highest BCUT2D eigenvalue weighted by Crippen LogP contribution is 2.43. The van der Waals surface area contributed by atoms with E-state index in [2.05, 4.69) is 56.4 Å². The minimum atomic E-state index is -4.40. The van der Waals surface area contributed by atoms with Gasteiger partial charge in [-0.2, -0.15) is 0 Å². The highest BCUT2D eigenvalue weighted by atomic mass is 31.2. The second-order valence-electron chi connectivity index (χ2n) is 14.2. The van der Waals surface area contributed by atoms with Gasteiger partial charge in [0, 0.05) is 19.4 Å². The molecule has 312 valence electrons. The van der Waals surface area contributed by atoms with Crippen LogP contribution >= 0.6 is 7.82 Å². The molecule has 10 nitrogen and oxygen atoms in total. The molecule has 54 heavy (non-hydrogen) atoms. The summed E-state index contributed by atoms with van der Waals surface area (Å²) in [7, 11) is -4.40. The predicted octanol–water partition coefficient (Wildman–Crippen LogP) is 10.9. The summed E-state index contributed by atoms with van der Waals surface area (Å²) in [5, 5.41) is 0. The fourth-order valence-corrected chi connectivity index (χ4v) is 6.54. The van der Waals surface area contributed by atoms with Crippen molar-refractivity contribution in [3.05, 3.63) is 48.6 Å². The normalized spacial score (nSPS) is 17.6. The number of phosphoric acid groups is 1. The van der Waals surface area contributed by atoms with Gasteiger partial charge in [0.15, 0.2) is 6.10 Å². The van der Waals surface area contributed by atoms with Crippen molar-refractivity contribution in [2.24, 2.45) is 5.73 Å². The molecule has 4 unspecified atom stereocenters. The van der Waals surface area contributed by atoms with Crippen molar-refractivity contribution < 1.29 is 42.3 Å². The minimum Gasteiger partial charge on any atom is -0.462 e. The second-order valence-corrected chi connectivity index (χ2v) is 15.7. The summed E-state index contributed by atoms with van der Waals surface area (Å²) in [6.07, 6.45) is 41.7. The first kappa shape index (κ1) is 49.9. The smallest absolute Gasteiger partial charge is 0.462 e. The van der Waals surface area contributed by atoms with Gasteiger partial charge in [0.2, 0.25) is 0 Å². The minimum absolute atomic E-state index is 0.0394. The Morgan fingerprint density at radius 1 is 0.648 bits per heavy atom. The van der Waals surface area contributed by atoms with Crippen LogP contribution in [0.25, 0.3) is 0 Å². The van der Waals surface area contributed by atoms with Gasteiger partial charge in [0.25, 0.3) is 0 Å². The van der Waals surface area contributed by atoms with Gasteiger partial charge in [0.05, 0.1) is 25.4 Å². The number of unbranched alkanes of at least 4 members (excludes halogenated alkanes) is 15. The largest absolute Gasteiger partial charge is 0.472 e. The average molecular weight is 782 g/mol. The van der Waals surface area contributed by atoms with Gasteiger partial charge in [-0.1, -0.05) is 127 Å². The molecular weight excluding hydrogens is 705 g/mol. The molecular formula is C43H76NO9P. The first-order valence-electron chi connectivity index (χ1n) is 21.2. The van der Waals surface area contributed by atoms with Gasteiger partial charge in [-0.05, 0) is 77.0 Å². The van der Waals surface area contributed by atoms with Crippen molar-refractivity contribution >= 4 is 19.8 Å². The molecule has 0 aromatic heterocycles. The van der Waals surface area contributed by atoms with E-state index in [4.69, 9.17) is 29.0 Å². The Morgan fingerprint density at radius 3 is 1.81 bits per heavy atom. The summed E-state index contributed by atoms with van der Waals surface area (Å²) in [4.78, 5) is 34.9. The summed E-state index contributed by atoms with van der Waals surface area (Å²) in [5.74, 6) is -0.914. The maximum absolute atomic E-state index is 12.6. The van der Waals surface area contributed by atoms with Crippen LogP contribution < -0.4 is 5.73 Å². The van der Waals surface area contributed by atoms with Crippen molar-refractivity contribution in [2.75, 3.05) is 26.4 Å². The van der Waals surface area contributed by atoms with E-state index in [-0.39, 0.29) is 44.8 Å². The van der Waals surface area contributed by atoms with E-state index < -0.39 is 32.5 Å². The third kappa shape index (κ3) is 32.2. The summed E-state index contributed by atoms with van der Waals surface area (Å²) in [6, 6.07) is 0. The number of carbonyl (C=O) groups is 2. The van der Waals surface area contributed by atoms with Gasteiger partial charge in [-0.25, -0.2) is 4.57 Å². The number of nitrogens with two attached hydrogens (primary N) is 1. The van der Waals surface area contributed by atoms with Gasteiger partial charge < -0.3 is 24.8 Å².